The third-order valence-corrected chi connectivity index (χ3v) is 2.50. The predicted octanol–water partition coefficient (Wildman–Crippen LogP) is 1.46. The molecule has 0 aromatic heterocycles. The van der Waals surface area contributed by atoms with Crippen molar-refractivity contribution < 1.29 is 14.3 Å². The SMILES string of the molecule is N#CC(=Cc1cc2c(cc1Cl)OCO2)C(N)=O. The molecule has 1 aromatic carbocycles. The Morgan fingerprint density at radius 3 is 2.71 bits per heavy atom. The van der Waals surface area contributed by atoms with Crippen molar-refractivity contribution in [3.63, 3.8) is 0 Å². The maximum Gasteiger partial charge on any atom is 0.259 e. The lowest BCUT2D eigenvalue weighted by molar-refractivity contribution is -0.114. The van der Waals surface area contributed by atoms with Crippen molar-refractivity contribution >= 4 is 23.6 Å². The zero-order valence-corrected chi connectivity index (χ0v) is 9.32. The number of amides is 1. The monoisotopic (exact) mass is 250 g/mol. The number of nitrogens with zero attached hydrogens (tertiary/aromatic N) is 1. The van der Waals surface area contributed by atoms with Gasteiger partial charge in [-0.25, -0.2) is 0 Å². The molecule has 0 saturated carbocycles. The van der Waals surface area contributed by atoms with Crippen molar-refractivity contribution in [1.29, 1.82) is 5.26 Å². The van der Waals surface area contributed by atoms with Crippen LogP contribution in [-0.2, 0) is 4.79 Å². The van der Waals surface area contributed by atoms with Gasteiger partial charge in [-0.05, 0) is 17.7 Å². The molecule has 0 fully saturated rings. The second-order valence-electron chi connectivity index (χ2n) is 3.26. The molecule has 1 heterocycles. The van der Waals surface area contributed by atoms with Gasteiger partial charge in [-0.15, -0.1) is 0 Å². The van der Waals surface area contributed by atoms with Crippen molar-refractivity contribution in [2.24, 2.45) is 5.73 Å². The van der Waals surface area contributed by atoms with Gasteiger partial charge in [0.05, 0.1) is 5.02 Å². The van der Waals surface area contributed by atoms with E-state index in [4.69, 9.17) is 32.1 Å². The molecule has 0 unspecified atom stereocenters. The molecule has 0 radical (unpaired) electrons. The van der Waals surface area contributed by atoms with E-state index < -0.39 is 5.91 Å². The number of carbonyl (C=O) groups is 1. The Morgan fingerprint density at radius 2 is 2.12 bits per heavy atom. The predicted molar refractivity (Wildman–Crippen MR) is 60.4 cm³/mol. The molecule has 1 amide bonds. The molecule has 5 nitrogen and oxygen atoms in total. The highest BCUT2D eigenvalue weighted by Gasteiger charge is 2.16. The van der Waals surface area contributed by atoms with Gasteiger partial charge in [0.2, 0.25) is 6.79 Å². The molecule has 0 saturated heterocycles. The van der Waals surface area contributed by atoms with E-state index in [2.05, 4.69) is 0 Å². The summed E-state index contributed by atoms with van der Waals surface area (Å²) >= 11 is 5.97. The van der Waals surface area contributed by atoms with Crippen molar-refractivity contribution in [1.82, 2.24) is 0 Å². The number of halogens is 1. The van der Waals surface area contributed by atoms with Gasteiger partial charge in [-0.1, -0.05) is 11.6 Å². The summed E-state index contributed by atoms with van der Waals surface area (Å²) in [6.07, 6.45) is 1.31. The molecule has 2 N–H and O–H groups in total. The minimum Gasteiger partial charge on any atom is -0.454 e. The third-order valence-electron chi connectivity index (χ3n) is 2.18. The van der Waals surface area contributed by atoms with Gasteiger partial charge in [0.25, 0.3) is 5.91 Å². The number of benzene rings is 1. The van der Waals surface area contributed by atoms with Gasteiger partial charge in [0.15, 0.2) is 11.5 Å². The number of nitrogens with two attached hydrogens (primary N) is 1. The highest BCUT2D eigenvalue weighted by atomic mass is 35.5. The lowest BCUT2D eigenvalue weighted by Gasteiger charge is -2.01. The van der Waals surface area contributed by atoms with Gasteiger partial charge < -0.3 is 15.2 Å². The molecular formula is C11H7ClN2O3. The fraction of sp³-hybridized carbons (Fsp3) is 0.0909. The van der Waals surface area contributed by atoms with Crippen molar-refractivity contribution in [3.05, 3.63) is 28.3 Å². The van der Waals surface area contributed by atoms with Gasteiger partial charge in [-0.3, -0.25) is 4.79 Å². The first-order chi connectivity index (χ1) is 8.11. The van der Waals surface area contributed by atoms with Gasteiger partial charge in [0, 0.05) is 6.07 Å². The third kappa shape index (κ3) is 2.17. The Morgan fingerprint density at radius 1 is 1.47 bits per heavy atom. The van der Waals surface area contributed by atoms with Crippen LogP contribution < -0.4 is 15.2 Å². The minimum absolute atomic E-state index is 0.125. The summed E-state index contributed by atoms with van der Waals surface area (Å²) in [6, 6.07) is 4.85. The van der Waals surface area contributed by atoms with Gasteiger partial charge >= 0.3 is 0 Å². The Hall–Kier alpha value is -2.19. The standard InChI is InChI=1S/C11H7ClN2O3/c12-8-3-10-9(16-5-17-10)2-6(8)1-7(4-13)11(14)15/h1-3H,5H2,(H2,14,15). The molecule has 0 bridgehead atoms. The smallest absolute Gasteiger partial charge is 0.259 e. The summed E-state index contributed by atoms with van der Waals surface area (Å²) < 4.78 is 10.3. The molecule has 2 rings (SSSR count). The molecule has 1 aliphatic heterocycles. The summed E-state index contributed by atoms with van der Waals surface area (Å²) in [5.41, 5.74) is 5.33. The molecule has 6 heteroatoms. The molecule has 17 heavy (non-hydrogen) atoms. The largest absolute Gasteiger partial charge is 0.454 e. The lowest BCUT2D eigenvalue weighted by Crippen LogP contribution is -2.12. The average Bonchev–Trinajstić information content (AvgIpc) is 2.72. The summed E-state index contributed by atoms with van der Waals surface area (Å²) in [5, 5.41) is 9.07. The van der Waals surface area contributed by atoms with E-state index in [9.17, 15) is 4.79 Å². The van der Waals surface area contributed by atoms with E-state index in [1.807, 2.05) is 0 Å². The second-order valence-corrected chi connectivity index (χ2v) is 3.67. The van der Waals surface area contributed by atoms with Crippen LogP contribution in [0.15, 0.2) is 17.7 Å². The highest BCUT2D eigenvalue weighted by Crippen LogP contribution is 2.37. The first-order valence-corrected chi connectivity index (χ1v) is 5.00. The topological polar surface area (TPSA) is 85.3 Å². The lowest BCUT2D eigenvalue weighted by atomic mass is 10.1. The van der Waals surface area contributed by atoms with E-state index in [0.717, 1.165) is 0 Å². The van der Waals surface area contributed by atoms with Crippen LogP contribution in [0, 0.1) is 11.3 Å². The van der Waals surface area contributed by atoms with Crippen molar-refractivity contribution in [2.75, 3.05) is 6.79 Å². The zero-order chi connectivity index (χ0) is 12.4. The number of fused-ring (bicyclic) bond motifs is 1. The Labute approximate surface area is 102 Å². The van der Waals surface area contributed by atoms with E-state index in [-0.39, 0.29) is 12.4 Å². The number of ether oxygens (including phenoxy) is 2. The van der Waals surface area contributed by atoms with Crippen LogP contribution in [0.3, 0.4) is 0 Å². The second kappa shape index (κ2) is 4.36. The summed E-state index contributed by atoms with van der Waals surface area (Å²) in [7, 11) is 0. The molecule has 0 spiro atoms. The number of hydrogen-bond acceptors (Lipinski definition) is 4. The first kappa shape index (κ1) is 11.3. The number of rotatable bonds is 2. The molecule has 1 aliphatic rings. The highest BCUT2D eigenvalue weighted by molar-refractivity contribution is 6.32. The maximum absolute atomic E-state index is 10.9. The summed E-state index contributed by atoms with van der Waals surface area (Å²) in [5.74, 6) is 0.244. The van der Waals surface area contributed by atoms with Crippen LogP contribution in [-0.4, -0.2) is 12.7 Å². The van der Waals surface area contributed by atoms with E-state index in [1.54, 1.807) is 18.2 Å². The van der Waals surface area contributed by atoms with E-state index >= 15 is 0 Å². The minimum atomic E-state index is -0.804. The molecular weight excluding hydrogens is 244 g/mol. The Kier molecular flexibility index (Phi) is 2.90. The number of hydrogen-bond donors (Lipinski definition) is 1. The number of nitriles is 1. The Balaban J connectivity index is 2.47. The van der Waals surface area contributed by atoms with Crippen LogP contribution in [0.5, 0.6) is 11.5 Å². The van der Waals surface area contributed by atoms with Gasteiger partial charge in [-0.2, -0.15) is 5.26 Å². The summed E-state index contributed by atoms with van der Waals surface area (Å²) in [6.45, 7) is 0.125. The normalized spacial score (nSPS) is 13.3. The van der Waals surface area contributed by atoms with E-state index in [0.29, 0.717) is 22.1 Å². The number of carbonyl (C=O) groups excluding carboxylic acids is 1. The fourth-order valence-corrected chi connectivity index (χ4v) is 1.57. The van der Waals surface area contributed by atoms with Crippen LogP contribution in [0.1, 0.15) is 5.56 Å². The maximum atomic E-state index is 10.9. The van der Waals surface area contributed by atoms with Crippen LogP contribution >= 0.6 is 11.6 Å². The van der Waals surface area contributed by atoms with Gasteiger partial charge in [0.1, 0.15) is 11.6 Å². The molecule has 0 aliphatic carbocycles. The fourth-order valence-electron chi connectivity index (χ4n) is 1.36. The molecule has 1 aromatic rings. The van der Waals surface area contributed by atoms with Crippen molar-refractivity contribution in [3.8, 4) is 17.6 Å². The van der Waals surface area contributed by atoms with Crippen LogP contribution in [0.4, 0.5) is 0 Å². The molecule has 86 valence electrons. The quantitative estimate of drug-likeness (QED) is 0.636. The van der Waals surface area contributed by atoms with E-state index in [1.165, 1.54) is 6.08 Å². The summed E-state index contributed by atoms with van der Waals surface area (Å²) in [4.78, 5) is 10.9. The first-order valence-electron chi connectivity index (χ1n) is 4.62. The van der Waals surface area contributed by atoms with Crippen LogP contribution in [0.2, 0.25) is 5.02 Å². The zero-order valence-electron chi connectivity index (χ0n) is 8.57. The number of primary amides is 1. The average molecular weight is 251 g/mol. The molecule has 0 atom stereocenters. The van der Waals surface area contributed by atoms with Crippen molar-refractivity contribution in [2.45, 2.75) is 0 Å². The Bertz CT molecular complexity index is 561. The van der Waals surface area contributed by atoms with Crippen LogP contribution in [0.25, 0.3) is 6.08 Å².